The molecule has 1 aliphatic heterocycles. The number of thioether (sulfide) groups is 1. The molecule has 0 aliphatic carbocycles. The Morgan fingerprint density at radius 2 is 2.14 bits per heavy atom. The van der Waals surface area contributed by atoms with E-state index in [1.165, 1.54) is 11.8 Å². The van der Waals surface area contributed by atoms with Crippen molar-refractivity contribution < 1.29 is 4.79 Å². The molecule has 0 saturated carbocycles. The number of likely N-dealkylation sites (N-methyl/N-ethyl adjacent to an activating group) is 1. The van der Waals surface area contributed by atoms with Gasteiger partial charge in [0, 0.05) is 32.2 Å². The van der Waals surface area contributed by atoms with Crippen LogP contribution in [0.2, 0.25) is 0 Å². The van der Waals surface area contributed by atoms with Crippen LogP contribution in [0.15, 0.2) is 52.8 Å². The number of aromatic nitrogens is 2. The van der Waals surface area contributed by atoms with Gasteiger partial charge in [0.1, 0.15) is 0 Å². The highest BCUT2D eigenvalue weighted by atomic mass is 32.2. The lowest BCUT2D eigenvalue weighted by atomic mass is 10.3. The number of amidine groups is 1. The fourth-order valence-corrected chi connectivity index (χ4v) is 2.91. The molecule has 6 heteroatoms. The van der Waals surface area contributed by atoms with Crippen LogP contribution in [0.4, 0.5) is 5.69 Å². The molecule has 0 bridgehead atoms. The highest BCUT2D eigenvalue weighted by Crippen LogP contribution is 2.32. The molecular formula is C15H14N4OS. The predicted molar refractivity (Wildman–Crippen MR) is 85.1 cm³/mol. The van der Waals surface area contributed by atoms with E-state index in [1.54, 1.807) is 24.3 Å². The van der Waals surface area contributed by atoms with Gasteiger partial charge in [0.2, 0.25) is 0 Å². The fourth-order valence-electron chi connectivity index (χ4n) is 1.94. The fraction of sp³-hybridized carbons (Fsp3) is 0.133. The van der Waals surface area contributed by atoms with Gasteiger partial charge in [0.25, 0.3) is 5.91 Å². The summed E-state index contributed by atoms with van der Waals surface area (Å²) in [6.45, 7) is 0. The Bertz CT molecular complexity index is 733. The van der Waals surface area contributed by atoms with Crippen molar-refractivity contribution in [2.24, 2.45) is 12.0 Å². The van der Waals surface area contributed by atoms with Crippen LogP contribution < -0.4 is 0 Å². The van der Waals surface area contributed by atoms with Gasteiger partial charge in [0.05, 0.1) is 16.8 Å². The zero-order chi connectivity index (χ0) is 14.8. The van der Waals surface area contributed by atoms with Crippen LogP contribution in [-0.2, 0) is 11.8 Å². The first-order chi connectivity index (χ1) is 10.1. The molecule has 2 aromatic heterocycles. The van der Waals surface area contributed by atoms with E-state index in [2.05, 4.69) is 9.98 Å². The van der Waals surface area contributed by atoms with Crippen LogP contribution in [0.25, 0.3) is 6.08 Å². The van der Waals surface area contributed by atoms with Crippen molar-refractivity contribution in [1.82, 2.24) is 14.5 Å². The summed E-state index contributed by atoms with van der Waals surface area (Å²) >= 11 is 1.38. The van der Waals surface area contributed by atoms with E-state index in [0.717, 1.165) is 11.4 Å². The topological polar surface area (TPSA) is 50.5 Å². The second-order valence-electron chi connectivity index (χ2n) is 4.62. The number of aliphatic imine (C=N–C) groups is 1. The summed E-state index contributed by atoms with van der Waals surface area (Å²) in [5.74, 6) is -0.0381. The zero-order valence-electron chi connectivity index (χ0n) is 11.7. The Balaban J connectivity index is 1.91. The Morgan fingerprint density at radius 3 is 2.81 bits per heavy atom. The molecule has 1 aliphatic rings. The third-order valence-electron chi connectivity index (χ3n) is 3.14. The number of amides is 1. The quantitative estimate of drug-likeness (QED) is 0.801. The lowest BCUT2D eigenvalue weighted by Gasteiger charge is -2.06. The third kappa shape index (κ3) is 2.75. The second-order valence-corrected chi connectivity index (χ2v) is 5.63. The van der Waals surface area contributed by atoms with Crippen LogP contribution in [-0.4, -0.2) is 32.6 Å². The van der Waals surface area contributed by atoms with Crippen LogP contribution in [0.3, 0.4) is 0 Å². The molecule has 1 amide bonds. The van der Waals surface area contributed by atoms with E-state index in [1.807, 2.05) is 48.2 Å². The number of nitrogens with zero attached hydrogens (tertiary/aromatic N) is 4. The van der Waals surface area contributed by atoms with Gasteiger partial charge in [-0.25, -0.2) is 4.99 Å². The molecule has 3 heterocycles. The van der Waals surface area contributed by atoms with Crippen molar-refractivity contribution in [3.05, 3.63) is 53.5 Å². The van der Waals surface area contributed by atoms with Crippen molar-refractivity contribution in [2.75, 3.05) is 7.05 Å². The largest absolute Gasteiger partial charge is 0.351 e. The van der Waals surface area contributed by atoms with Gasteiger partial charge in [-0.05, 0) is 42.1 Å². The Kier molecular flexibility index (Phi) is 3.62. The van der Waals surface area contributed by atoms with E-state index in [-0.39, 0.29) is 5.91 Å². The monoisotopic (exact) mass is 298 g/mol. The van der Waals surface area contributed by atoms with Gasteiger partial charge in [-0.3, -0.25) is 14.7 Å². The van der Waals surface area contributed by atoms with Gasteiger partial charge in [-0.15, -0.1) is 0 Å². The minimum Gasteiger partial charge on any atom is -0.351 e. The average molecular weight is 298 g/mol. The van der Waals surface area contributed by atoms with Gasteiger partial charge in [-0.2, -0.15) is 0 Å². The molecular weight excluding hydrogens is 284 g/mol. The summed E-state index contributed by atoms with van der Waals surface area (Å²) < 4.78 is 1.97. The average Bonchev–Trinajstić information content (AvgIpc) is 3.00. The number of carbonyl (C=O) groups excluding carboxylic acids is 1. The van der Waals surface area contributed by atoms with E-state index in [0.29, 0.717) is 10.1 Å². The normalized spacial score (nSPS) is 19.0. The number of carbonyl (C=O) groups is 1. The SMILES string of the molecule is CN1C(=O)/C(=C\c2cccn2C)SC1=Nc1cccnc1. The van der Waals surface area contributed by atoms with Crippen LogP contribution in [0.1, 0.15) is 5.69 Å². The summed E-state index contributed by atoms with van der Waals surface area (Å²) in [5.41, 5.74) is 1.72. The first kappa shape index (κ1) is 13.6. The third-order valence-corrected chi connectivity index (χ3v) is 4.20. The van der Waals surface area contributed by atoms with Crippen LogP contribution in [0.5, 0.6) is 0 Å². The smallest absolute Gasteiger partial charge is 0.266 e. The highest BCUT2D eigenvalue weighted by Gasteiger charge is 2.30. The van der Waals surface area contributed by atoms with Crippen molar-refractivity contribution >= 4 is 34.6 Å². The minimum absolute atomic E-state index is 0.0381. The molecule has 0 aromatic carbocycles. The first-order valence-electron chi connectivity index (χ1n) is 6.43. The molecule has 2 aromatic rings. The zero-order valence-corrected chi connectivity index (χ0v) is 12.5. The highest BCUT2D eigenvalue weighted by molar-refractivity contribution is 8.18. The van der Waals surface area contributed by atoms with Crippen molar-refractivity contribution in [3.63, 3.8) is 0 Å². The molecule has 0 spiro atoms. The summed E-state index contributed by atoms with van der Waals surface area (Å²) in [6, 6.07) is 7.60. The van der Waals surface area contributed by atoms with Crippen molar-refractivity contribution in [3.8, 4) is 0 Å². The van der Waals surface area contributed by atoms with Gasteiger partial charge in [0.15, 0.2) is 5.17 Å². The number of pyridine rings is 1. The molecule has 1 fully saturated rings. The number of rotatable bonds is 2. The maximum atomic E-state index is 12.3. The maximum Gasteiger partial charge on any atom is 0.266 e. The Labute approximate surface area is 127 Å². The second kappa shape index (κ2) is 5.57. The lowest BCUT2D eigenvalue weighted by molar-refractivity contribution is -0.121. The number of hydrogen-bond donors (Lipinski definition) is 0. The molecule has 21 heavy (non-hydrogen) atoms. The van der Waals surface area contributed by atoms with Crippen molar-refractivity contribution in [1.29, 1.82) is 0 Å². The molecule has 5 nitrogen and oxygen atoms in total. The summed E-state index contributed by atoms with van der Waals surface area (Å²) in [6.07, 6.45) is 7.20. The molecule has 106 valence electrons. The lowest BCUT2D eigenvalue weighted by Crippen LogP contribution is -2.23. The van der Waals surface area contributed by atoms with E-state index < -0.39 is 0 Å². The maximum absolute atomic E-state index is 12.3. The van der Waals surface area contributed by atoms with Gasteiger partial charge in [-0.1, -0.05) is 0 Å². The van der Waals surface area contributed by atoms with E-state index in [9.17, 15) is 4.79 Å². The Morgan fingerprint density at radius 1 is 1.29 bits per heavy atom. The van der Waals surface area contributed by atoms with E-state index in [4.69, 9.17) is 0 Å². The van der Waals surface area contributed by atoms with Crippen LogP contribution in [0, 0.1) is 0 Å². The number of hydrogen-bond acceptors (Lipinski definition) is 4. The molecule has 3 rings (SSSR count). The molecule has 1 saturated heterocycles. The standard InChI is InChI=1S/C15H14N4OS/c1-18-8-4-6-12(18)9-13-14(20)19(2)15(21-13)17-11-5-3-7-16-10-11/h3-10H,1-2H3/b13-9+,17-15?. The Hall–Kier alpha value is -2.34. The summed E-state index contributed by atoms with van der Waals surface area (Å²) in [5, 5.41) is 0.661. The minimum atomic E-state index is -0.0381. The van der Waals surface area contributed by atoms with Gasteiger partial charge < -0.3 is 4.57 Å². The van der Waals surface area contributed by atoms with Crippen LogP contribution >= 0.6 is 11.8 Å². The summed E-state index contributed by atoms with van der Waals surface area (Å²) in [4.78, 5) is 23.0. The predicted octanol–water partition coefficient (Wildman–Crippen LogP) is 2.65. The molecule has 0 N–H and O–H groups in total. The van der Waals surface area contributed by atoms with Crippen molar-refractivity contribution in [2.45, 2.75) is 0 Å². The summed E-state index contributed by atoms with van der Waals surface area (Å²) in [7, 11) is 3.68. The number of aryl methyl sites for hydroxylation is 1. The molecule has 0 atom stereocenters. The first-order valence-corrected chi connectivity index (χ1v) is 7.24. The molecule has 0 radical (unpaired) electrons. The van der Waals surface area contributed by atoms with Gasteiger partial charge >= 0.3 is 0 Å². The molecule has 0 unspecified atom stereocenters. The van der Waals surface area contributed by atoms with E-state index >= 15 is 0 Å².